The van der Waals surface area contributed by atoms with Gasteiger partial charge in [-0.05, 0) is 38.3 Å². The lowest BCUT2D eigenvalue weighted by Crippen LogP contribution is -2.28. The van der Waals surface area contributed by atoms with Crippen LogP contribution in [0.3, 0.4) is 0 Å². The Morgan fingerprint density at radius 2 is 2.15 bits per heavy atom. The number of nitrogens with zero attached hydrogens (tertiary/aromatic N) is 2. The highest BCUT2D eigenvalue weighted by Crippen LogP contribution is 2.31. The second-order valence-electron chi connectivity index (χ2n) is 7.53. The van der Waals surface area contributed by atoms with Gasteiger partial charge in [0.25, 0.3) is 0 Å². The van der Waals surface area contributed by atoms with Crippen LogP contribution in [-0.4, -0.2) is 40.8 Å². The van der Waals surface area contributed by atoms with Crippen molar-refractivity contribution in [3.8, 4) is 0 Å². The summed E-state index contributed by atoms with van der Waals surface area (Å²) in [6.45, 7) is 11.4. The highest BCUT2D eigenvalue weighted by atomic mass is 15.2. The van der Waals surface area contributed by atoms with Gasteiger partial charge in [-0.2, -0.15) is 5.10 Å². The van der Waals surface area contributed by atoms with Crippen LogP contribution in [0.1, 0.15) is 51.3 Å². The molecule has 0 amide bonds. The van der Waals surface area contributed by atoms with Crippen molar-refractivity contribution < 1.29 is 0 Å². The monoisotopic (exact) mass is 276 g/mol. The Balaban J connectivity index is 1.45. The maximum absolute atomic E-state index is 4.21. The van der Waals surface area contributed by atoms with Gasteiger partial charge in [-0.1, -0.05) is 20.8 Å². The summed E-state index contributed by atoms with van der Waals surface area (Å²) >= 11 is 0. The fraction of sp³-hybridized carbons (Fsp3) is 0.812. The van der Waals surface area contributed by atoms with Crippen LogP contribution in [0.4, 0.5) is 0 Å². The standard InChI is InChI=1S/C16H28N4/c1-16(2,3)15-13(10-18-19-15)9-17-8-12-6-7-20(11-12)14-4-5-14/h10,12,14,17H,4-9,11H2,1-3H3,(H,18,19). The van der Waals surface area contributed by atoms with E-state index < -0.39 is 0 Å². The highest BCUT2D eigenvalue weighted by molar-refractivity contribution is 5.23. The SMILES string of the molecule is CC(C)(C)c1[nH]ncc1CNCC1CCN(C2CC2)C1. The molecule has 1 aliphatic heterocycles. The van der Waals surface area contributed by atoms with Gasteiger partial charge in [-0.3, -0.25) is 5.10 Å². The predicted molar refractivity (Wildman–Crippen MR) is 81.7 cm³/mol. The number of hydrogen-bond acceptors (Lipinski definition) is 3. The van der Waals surface area contributed by atoms with E-state index in [1.54, 1.807) is 0 Å². The second-order valence-corrected chi connectivity index (χ2v) is 7.53. The molecule has 2 heterocycles. The molecular formula is C16H28N4. The van der Waals surface area contributed by atoms with Crippen LogP contribution >= 0.6 is 0 Å². The Labute approximate surface area is 122 Å². The average Bonchev–Trinajstić information content (AvgIpc) is 2.93. The Bertz CT molecular complexity index is 442. The number of aromatic amines is 1. The van der Waals surface area contributed by atoms with E-state index >= 15 is 0 Å². The van der Waals surface area contributed by atoms with Gasteiger partial charge < -0.3 is 10.2 Å². The smallest absolute Gasteiger partial charge is 0.0535 e. The molecule has 2 N–H and O–H groups in total. The van der Waals surface area contributed by atoms with Gasteiger partial charge in [0.1, 0.15) is 0 Å². The van der Waals surface area contributed by atoms with Crippen LogP contribution in [0.2, 0.25) is 0 Å². The summed E-state index contributed by atoms with van der Waals surface area (Å²) in [5, 5.41) is 11.0. The first-order valence-corrected chi connectivity index (χ1v) is 8.01. The fourth-order valence-electron chi connectivity index (χ4n) is 3.31. The first-order valence-electron chi connectivity index (χ1n) is 8.01. The number of H-pyrrole nitrogens is 1. The van der Waals surface area contributed by atoms with E-state index in [2.05, 4.69) is 41.2 Å². The van der Waals surface area contributed by atoms with Crippen LogP contribution in [0.25, 0.3) is 0 Å². The lowest BCUT2D eigenvalue weighted by molar-refractivity contribution is 0.311. The first kappa shape index (κ1) is 14.1. The third-order valence-corrected chi connectivity index (χ3v) is 4.60. The van der Waals surface area contributed by atoms with Crippen LogP contribution in [0, 0.1) is 5.92 Å². The molecule has 0 spiro atoms. The Kier molecular flexibility index (Phi) is 3.87. The third-order valence-electron chi connectivity index (χ3n) is 4.60. The number of rotatable bonds is 5. The van der Waals surface area contributed by atoms with Crippen molar-refractivity contribution in [1.82, 2.24) is 20.4 Å². The Morgan fingerprint density at radius 3 is 2.85 bits per heavy atom. The maximum Gasteiger partial charge on any atom is 0.0535 e. The maximum atomic E-state index is 4.21. The Hall–Kier alpha value is -0.870. The zero-order chi connectivity index (χ0) is 14.2. The van der Waals surface area contributed by atoms with Crippen LogP contribution in [0.15, 0.2) is 6.20 Å². The molecule has 1 saturated carbocycles. The van der Waals surface area contributed by atoms with Gasteiger partial charge in [0, 0.05) is 35.8 Å². The minimum Gasteiger partial charge on any atom is -0.312 e. The second kappa shape index (κ2) is 5.49. The fourth-order valence-corrected chi connectivity index (χ4v) is 3.31. The van der Waals surface area contributed by atoms with Gasteiger partial charge in [-0.25, -0.2) is 0 Å². The van der Waals surface area contributed by atoms with Gasteiger partial charge in [0.05, 0.1) is 6.20 Å². The summed E-state index contributed by atoms with van der Waals surface area (Å²) in [5.74, 6) is 0.834. The summed E-state index contributed by atoms with van der Waals surface area (Å²) in [6.07, 6.45) is 6.20. The molecule has 0 aromatic carbocycles. The van der Waals surface area contributed by atoms with Gasteiger partial charge >= 0.3 is 0 Å². The molecule has 1 unspecified atom stereocenters. The van der Waals surface area contributed by atoms with E-state index in [-0.39, 0.29) is 5.41 Å². The van der Waals surface area contributed by atoms with Crippen molar-refractivity contribution in [3.05, 3.63) is 17.5 Å². The molecule has 3 rings (SSSR count). The molecule has 1 aromatic heterocycles. The number of nitrogens with one attached hydrogen (secondary N) is 2. The minimum atomic E-state index is 0.143. The average molecular weight is 276 g/mol. The molecule has 112 valence electrons. The van der Waals surface area contributed by atoms with E-state index in [1.807, 2.05) is 6.20 Å². The van der Waals surface area contributed by atoms with E-state index in [1.165, 1.54) is 43.6 Å². The van der Waals surface area contributed by atoms with Crippen molar-refractivity contribution >= 4 is 0 Å². The molecular weight excluding hydrogens is 248 g/mol. The van der Waals surface area contributed by atoms with Crippen LogP contribution < -0.4 is 5.32 Å². The molecule has 2 fully saturated rings. The lowest BCUT2D eigenvalue weighted by Gasteiger charge is -2.19. The minimum absolute atomic E-state index is 0.143. The van der Waals surface area contributed by atoms with Crippen molar-refractivity contribution in [1.29, 1.82) is 0 Å². The largest absolute Gasteiger partial charge is 0.312 e. The van der Waals surface area contributed by atoms with Crippen LogP contribution in [0.5, 0.6) is 0 Å². The molecule has 1 saturated heterocycles. The van der Waals surface area contributed by atoms with Crippen molar-refractivity contribution in [2.24, 2.45) is 5.92 Å². The van der Waals surface area contributed by atoms with Crippen molar-refractivity contribution in [2.45, 2.75) is 58.0 Å². The lowest BCUT2D eigenvalue weighted by atomic mass is 9.89. The third kappa shape index (κ3) is 3.23. The molecule has 2 aliphatic rings. The zero-order valence-corrected chi connectivity index (χ0v) is 13.1. The van der Waals surface area contributed by atoms with E-state index in [0.29, 0.717) is 0 Å². The topological polar surface area (TPSA) is 44.0 Å². The first-order chi connectivity index (χ1) is 9.54. The summed E-state index contributed by atoms with van der Waals surface area (Å²) in [5.41, 5.74) is 2.72. The summed E-state index contributed by atoms with van der Waals surface area (Å²) < 4.78 is 0. The molecule has 1 aromatic rings. The zero-order valence-electron chi connectivity index (χ0n) is 13.1. The molecule has 1 aliphatic carbocycles. The summed E-state index contributed by atoms with van der Waals surface area (Å²) in [4.78, 5) is 2.69. The highest BCUT2D eigenvalue weighted by Gasteiger charge is 2.34. The molecule has 4 nitrogen and oxygen atoms in total. The number of aromatic nitrogens is 2. The molecule has 1 atom stereocenters. The summed E-state index contributed by atoms with van der Waals surface area (Å²) in [6, 6.07) is 0.932. The van der Waals surface area contributed by atoms with Gasteiger partial charge in [0.2, 0.25) is 0 Å². The van der Waals surface area contributed by atoms with Gasteiger partial charge in [-0.15, -0.1) is 0 Å². The quantitative estimate of drug-likeness (QED) is 0.867. The summed E-state index contributed by atoms with van der Waals surface area (Å²) in [7, 11) is 0. The number of likely N-dealkylation sites (tertiary alicyclic amines) is 1. The van der Waals surface area contributed by atoms with E-state index in [0.717, 1.165) is 25.0 Å². The van der Waals surface area contributed by atoms with Gasteiger partial charge in [0.15, 0.2) is 0 Å². The van der Waals surface area contributed by atoms with E-state index in [4.69, 9.17) is 0 Å². The molecule has 0 radical (unpaired) electrons. The molecule has 4 heteroatoms. The molecule has 0 bridgehead atoms. The normalized spacial score (nSPS) is 24.4. The number of hydrogen-bond donors (Lipinski definition) is 2. The predicted octanol–water partition coefficient (Wildman–Crippen LogP) is 2.28. The van der Waals surface area contributed by atoms with Crippen LogP contribution in [-0.2, 0) is 12.0 Å². The molecule has 20 heavy (non-hydrogen) atoms. The Morgan fingerprint density at radius 1 is 1.35 bits per heavy atom. The van der Waals surface area contributed by atoms with Crippen molar-refractivity contribution in [3.63, 3.8) is 0 Å². The van der Waals surface area contributed by atoms with Crippen molar-refractivity contribution in [2.75, 3.05) is 19.6 Å². The van der Waals surface area contributed by atoms with E-state index in [9.17, 15) is 0 Å².